The molecule has 170 valence electrons. The fraction of sp³-hybridized carbons (Fsp3) is 0.778. The van der Waals surface area contributed by atoms with E-state index in [0.717, 1.165) is 0 Å². The number of quaternary nitrogens is 1. The average molecular weight is 406 g/mol. The van der Waals surface area contributed by atoms with Gasteiger partial charge in [0.25, 0.3) is 0 Å². The average Bonchev–Trinajstić information content (AvgIpc) is 2.70. The molecule has 1 rings (SSSR count). The Hall–Kier alpha value is -0.860. The monoisotopic (exact) mass is 405 g/mol. The number of nitrogens with zero attached hydrogens (tertiary/aromatic N) is 1. The van der Waals surface area contributed by atoms with E-state index in [-0.39, 0.29) is 5.48 Å². The van der Waals surface area contributed by atoms with E-state index in [1.807, 2.05) is 0 Å². The van der Waals surface area contributed by atoms with Gasteiger partial charge in [0.15, 0.2) is 0 Å². The lowest BCUT2D eigenvalue weighted by atomic mass is 10.0. The van der Waals surface area contributed by atoms with Crippen molar-refractivity contribution in [3.63, 3.8) is 0 Å². The molecule has 1 aromatic carbocycles. The standard InChI is InChI=1S/C27H50N.H2O/c1-4-7-8-9-10-11-12-13-14-15-16-20-25-28(23-5-2,24-6-3)26-27-21-18-17-19-22-27;/h17-19,21-22H,4-16,20,23-26H2,1-3H3;1H2/q+1;/p-1. The Morgan fingerprint density at radius 3 is 1.41 bits per heavy atom. The molecule has 1 aromatic rings. The first kappa shape index (κ1) is 28.1. The molecule has 0 atom stereocenters. The Morgan fingerprint density at radius 2 is 0.966 bits per heavy atom. The Kier molecular flexibility index (Phi) is 18.6. The first-order valence-electron chi connectivity index (χ1n) is 12.7. The van der Waals surface area contributed by atoms with Crippen molar-refractivity contribution in [2.45, 2.75) is 117 Å². The van der Waals surface area contributed by atoms with Gasteiger partial charge in [-0.1, -0.05) is 115 Å². The van der Waals surface area contributed by atoms with Crippen LogP contribution in [-0.4, -0.2) is 29.6 Å². The molecule has 0 radical (unpaired) electrons. The molecule has 0 amide bonds. The third-order valence-electron chi connectivity index (χ3n) is 6.24. The smallest absolute Gasteiger partial charge is 0.104 e. The summed E-state index contributed by atoms with van der Waals surface area (Å²) in [7, 11) is 0. The maximum absolute atomic E-state index is 2.36. The molecule has 0 heterocycles. The minimum Gasteiger partial charge on any atom is -0.870 e. The van der Waals surface area contributed by atoms with Crippen molar-refractivity contribution in [2.75, 3.05) is 19.6 Å². The second-order valence-electron chi connectivity index (χ2n) is 9.05. The Bertz CT molecular complexity index is 439. The number of rotatable bonds is 19. The van der Waals surface area contributed by atoms with Crippen LogP contribution in [0.15, 0.2) is 30.3 Å². The van der Waals surface area contributed by atoms with Crippen LogP contribution in [0.25, 0.3) is 0 Å². The summed E-state index contributed by atoms with van der Waals surface area (Å²) < 4.78 is 1.30. The summed E-state index contributed by atoms with van der Waals surface area (Å²) in [5.74, 6) is 0. The van der Waals surface area contributed by atoms with Crippen molar-refractivity contribution >= 4 is 0 Å². The molecule has 0 aromatic heterocycles. The van der Waals surface area contributed by atoms with E-state index in [0.29, 0.717) is 0 Å². The molecule has 0 spiro atoms. The number of unbranched alkanes of at least 4 members (excludes halogenated alkanes) is 11. The van der Waals surface area contributed by atoms with Crippen LogP contribution < -0.4 is 0 Å². The van der Waals surface area contributed by atoms with Crippen LogP contribution in [0.4, 0.5) is 0 Å². The molecule has 1 N–H and O–H groups in total. The van der Waals surface area contributed by atoms with Crippen molar-refractivity contribution in [1.29, 1.82) is 0 Å². The lowest BCUT2D eigenvalue weighted by molar-refractivity contribution is -0.941. The van der Waals surface area contributed by atoms with Gasteiger partial charge in [-0.3, -0.25) is 0 Å². The molecule has 0 fully saturated rings. The van der Waals surface area contributed by atoms with Crippen molar-refractivity contribution in [3.05, 3.63) is 35.9 Å². The molecule has 0 unspecified atom stereocenters. The normalized spacial score (nSPS) is 11.4. The summed E-state index contributed by atoms with van der Waals surface area (Å²) in [6.45, 7) is 12.3. The molecule has 0 saturated carbocycles. The van der Waals surface area contributed by atoms with Crippen molar-refractivity contribution < 1.29 is 9.96 Å². The lowest BCUT2D eigenvalue weighted by Crippen LogP contribution is -2.49. The highest BCUT2D eigenvalue weighted by atomic mass is 16.0. The van der Waals surface area contributed by atoms with Gasteiger partial charge in [-0.05, 0) is 25.7 Å². The summed E-state index contributed by atoms with van der Waals surface area (Å²) in [6.07, 6.45) is 19.9. The molecule has 0 aliphatic rings. The van der Waals surface area contributed by atoms with Crippen molar-refractivity contribution in [3.8, 4) is 0 Å². The SMILES string of the molecule is CCCCCCCCCCCCCC[N+](CCC)(CCC)Cc1ccccc1.[OH-]. The highest BCUT2D eigenvalue weighted by molar-refractivity contribution is 5.13. The van der Waals surface area contributed by atoms with Crippen LogP contribution >= 0.6 is 0 Å². The second kappa shape index (κ2) is 19.1. The van der Waals surface area contributed by atoms with Gasteiger partial charge >= 0.3 is 0 Å². The molecule has 2 heteroatoms. The second-order valence-corrected chi connectivity index (χ2v) is 9.05. The molecule has 0 aliphatic carbocycles. The zero-order valence-corrected chi connectivity index (χ0v) is 20.0. The quantitative estimate of drug-likeness (QED) is 0.168. The van der Waals surface area contributed by atoms with Crippen LogP contribution in [-0.2, 0) is 6.54 Å². The third-order valence-corrected chi connectivity index (χ3v) is 6.24. The highest BCUT2D eigenvalue weighted by Crippen LogP contribution is 2.20. The van der Waals surface area contributed by atoms with Crippen LogP contribution in [0.3, 0.4) is 0 Å². The van der Waals surface area contributed by atoms with Gasteiger partial charge in [-0.25, -0.2) is 0 Å². The van der Waals surface area contributed by atoms with E-state index in [4.69, 9.17) is 0 Å². The number of hydrogen-bond donors (Lipinski definition) is 0. The summed E-state index contributed by atoms with van der Waals surface area (Å²) in [5.41, 5.74) is 1.52. The zero-order chi connectivity index (χ0) is 20.3. The van der Waals surface area contributed by atoms with Crippen LogP contribution in [0.1, 0.15) is 116 Å². The topological polar surface area (TPSA) is 30.0 Å². The maximum Gasteiger partial charge on any atom is 0.104 e. The van der Waals surface area contributed by atoms with E-state index >= 15 is 0 Å². The largest absolute Gasteiger partial charge is 0.870 e. The predicted molar refractivity (Wildman–Crippen MR) is 129 cm³/mol. The Labute approximate surface area is 183 Å². The van der Waals surface area contributed by atoms with Gasteiger partial charge < -0.3 is 9.96 Å². The van der Waals surface area contributed by atoms with E-state index < -0.39 is 0 Å². The number of hydrogen-bond acceptors (Lipinski definition) is 1. The number of benzene rings is 1. The summed E-state index contributed by atoms with van der Waals surface area (Å²) >= 11 is 0. The first-order chi connectivity index (χ1) is 13.8. The zero-order valence-electron chi connectivity index (χ0n) is 20.0. The van der Waals surface area contributed by atoms with Crippen LogP contribution in [0, 0.1) is 0 Å². The summed E-state index contributed by atoms with van der Waals surface area (Å²) in [5, 5.41) is 0. The van der Waals surface area contributed by atoms with E-state index in [1.165, 1.54) is 126 Å². The molecule has 0 saturated heterocycles. The Balaban J connectivity index is 0.00000784. The van der Waals surface area contributed by atoms with Crippen LogP contribution in [0.5, 0.6) is 0 Å². The van der Waals surface area contributed by atoms with E-state index in [9.17, 15) is 0 Å². The van der Waals surface area contributed by atoms with Crippen molar-refractivity contribution in [2.24, 2.45) is 0 Å². The van der Waals surface area contributed by atoms with Gasteiger partial charge in [0, 0.05) is 5.56 Å². The Morgan fingerprint density at radius 1 is 0.517 bits per heavy atom. The van der Waals surface area contributed by atoms with E-state index in [1.54, 1.807) is 0 Å². The highest BCUT2D eigenvalue weighted by Gasteiger charge is 2.25. The maximum atomic E-state index is 2.36. The van der Waals surface area contributed by atoms with Gasteiger partial charge in [0.1, 0.15) is 6.54 Å². The molecule has 0 aliphatic heterocycles. The molecule has 2 nitrogen and oxygen atoms in total. The summed E-state index contributed by atoms with van der Waals surface area (Å²) in [4.78, 5) is 0. The van der Waals surface area contributed by atoms with Gasteiger partial charge in [0.05, 0.1) is 19.6 Å². The minimum atomic E-state index is 0. The molecular formula is C27H51NO. The van der Waals surface area contributed by atoms with Gasteiger partial charge in [0.2, 0.25) is 0 Å². The lowest BCUT2D eigenvalue weighted by Gasteiger charge is -2.39. The van der Waals surface area contributed by atoms with Gasteiger partial charge in [-0.2, -0.15) is 0 Å². The predicted octanol–water partition coefficient (Wildman–Crippen LogP) is 8.35. The minimum absolute atomic E-state index is 0. The van der Waals surface area contributed by atoms with Crippen LogP contribution in [0.2, 0.25) is 0 Å². The molecule has 0 bridgehead atoms. The fourth-order valence-electron chi connectivity index (χ4n) is 4.78. The molecular weight excluding hydrogens is 354 g/mol. The van der Waals surface area contributed by atoms with Crippen molar-refractivity contribution in [1.82, 2.24) is 0 Å². The third kappa shape index (κ3) is 13.9. The fourth-order valence-corrected chi connectivity index (χ4v) is 4.78. The van der Waals surface area contributed by atoms with E-state index in [2.05, 4.69) is 51.1 Å². The molecule has 29 heavy (non-hydrogen) atoms. The van der Waals surface area contributed by atoms with Gasteiger partial charge in [-0.15, -0.1) is 0 Å². The first-order valence-corrected chi connectivity index (χ1v) is 12.7. The summed E-state index contributed by atoms with van der Waals surface area (Å²) in [6, 6.07) is 11.2.